The number of nitrogens with zero attached hydrogens (tertiary/aromatic N) is 1. The lowest BCUT2D eigenvalue weighted by Crippen LogP contribution is -1.77. The van der Waals surface area contributed by atoms with E-state index in [1.54, 1.807) is 0 Å². The molecule has 0 aliphatic carbocycles. The summed E-state index contributed by atoms with van der Waals surface area (Å²) in [6.07, 6.45) is 7.36. The monoisotopic (exact) mass is 128 g/mol. The maximum Gasteiger partial charge on any atom is 0.106 e. The number of unbranched alkanes of at least 4 members (excludes halogenated alkanes) is 3. The van der Waals surface area contributed by atoms with Gasteiger partial charge in [0.15, 0.2) is 0 Å². The van der Waals surface area contributed by atoms with Gasteiger partial charge in [-0.2, -0.15) is 0 Å². The van der Waals surface area contributed by atoms with Gasteiger partial charge in [0.25, 0.3) is 0 Å². The number of hydrogen-bond acceptors (Lipinski definition) is 2. The maximum atomic E-state index is 4.44. The Balaban J connectivity index is 2.82. The summed E-state index contributed by atoms with van der Waals surface area (Å²) < 4.78 is 0. The van der Waals surface area contributed by atoms with Crippen LogP contribution in [0.3, 0.4) is 0 Å². The fraction of sp³-hybridized carbons (Fsp3) is 0.857. The van der Waals surface area contributed by atoms with Crippen LogP contribution >= 0.6 is 0 Å². The van der Waals surface area contributed by atoms with Gasteiger partial charge in [-0.3, -0.25) is 0 Å². The van der Waals surface area contributed by atoms with E-state index >= 15 is 0 Å². The first-order valence-corrected chi connectivity index (χ1v) is 3.38. The van der Waals surface area contributed by atoms with Crippen molar-refractivity contribution in [1.29, 1.82) is 0 Å². The summed E-state index contributed by atoms with van der Waals surface area (Å²) >= 11 is 0. The Kier molecular flexibility index (Phi) is 7.03. The average molecular weight is 128 g/mol. The van der Waals surface area contributed by atoms with E-state index < -0.39 is 0 Å². The molecule has 0 aromatic heterocycles. The van der Waals surface area contributed by atoms with Crippen LogP contribution < -0.4 is 0 Å². The molecule has 9 heavy (non-hydrogen) atoms. The summed E-state index contributed by atoms with van der Waals surface area (Å²) in [6, 6.07) is 0. The fourth-order valence-corrected chi connectivity index (χ4v) is 0.564. The van der Waals surface area contributed by atoms with Gasteiger partial charge in [-0.1, -0.05) is 24.9 Å². The predicted octanol–water partition coefficient (Wildman–Crippen LogP) is 2.08. The van der Waals surface area contributed by atoms with Crippen molar-refractivity contribution in [2.75, 3.05) is 7.11 Å². The van der Waals surface area contributed by atoms with Crippen molar-refractivity contribution in [3.63, 3.8) is 0 Å². The quantitative estimate of drug-likeness (QED) is 0.315. The molecule has 2 nitrogen and oxygen atoms in total. The van der Waals surface area contributed by atoms with Gasteiger partial charge in [0.1, 0.15) is 13.3 Å². The zero-order valence-electron chi connectivity index (χ0n) is 6.18. The first kappa shape index (κ1) is 8.47. The minimum absolute atomic E-state index is 0.918. The predicted molar refractivity (Wildman–Crippen MR) is 38.6 cm³/mol. The van der Waals surface area contributed by atoms with Crippen LogP contribution in [-0.2, 0) is 4.84 Å². The zero-order valence-corrected chi connectivity index (χ0v) is 6.18. The summed E-state index contributed by atoms with van der Waals surface area (Å²) in [7, 11) is 1.53. The average Bonchev–Trinajstić information content (AvgIpc) is 1.89. The molecule has 0 rings (SSSR count). The molecular weight excluding hydrogens is 114 g/mol. The van der Waals surface area contributed by atoms with Crippen molar-refractivity contribution in [3.8, 4) is 0 Å². The van der Waals surface area contributed by atoms with E-state index in [0.29, 0.717) is 0 Å². The lowest BCUT2D eigenvalue weighted by atomic mass is 10.2. The molecular formula is C7H14NO. The number of hydrogen-bond donors (Lipinski definition) is 0. The molecule has 0 aliphatic heterocycles. The van der Waals surface area contributed by atoms with Crippen LogP contribution in [0.4, 0.5) is 0 Å². The van der Waals surface area contributed by atoms with Crippen molar-refractivity contribution in [1.82, 2.24) is 0 Å². The standard InChI is InChI=1S/C7H14NO/c1-3-4-5-6-7-8-9-2/h3-6H2,1-2H3. The molecule has 0 saturated carbocycles. The molecule has 0 spiro atoms. The summed E-state index contributed by atoms with van der Waals surface area (Å²) in [5, 5.41) is 3.49. The van der Waals surface area contributed by atoms with Gasteiger partial charge in [0.05, 0.1) is 0 Å². The summed E-state index contributed by atoms with van der Waals surface area (Å²) in [5.41, 5.74) is 0. The molecule has 0 bridgehead atoms. The van der Waals surface area contributed by atoms with Crippen LogP contribution in [0.1, 0.15) is 32.6 Å². The molecule has 0 saturated heterocycles. The molecule has 0 fully saturated rings. The fourth-order valence-electron chi connectivity index (χ4n) is 0.564. The largest absolute Gasteiger partial charge is 0.399 e. The number of rotatable bonds is 5. The van der Waals surface area contributed by atoms with Gasteiger partial charge in [-0.25, -0.2) is 0 Å². The van der Waals surface area contributed by atoms with E-state index in [9.17, 15) is 0 Å². The first-order valence-electron chi connectivity index (χ1n) is 3.38. The van der Waals surface area contributed by atoms with Gasteiger partial charge >= 0.3 is 0 Å². The minimum atomic E-state index is 0.918. The van der Waals surface area contributed by atoms with Crippen LogP contribution in [0.25, 0.3) is 0 Å². The van der Waals surface area contributed by atoms with E-state index in [4.69, 9.17) is 0 Å². The molecule has 0 heterocycles. The van der Waals surface area contributed by atoms with Crippen molar-refractivity contribution in [3.05, 3.63) is 0 Å². The Hall–Kier alpha value is -0.530. The highest BCUT2D eigenvalue weighted by Crippen LogP contribution is 1.95. The van der Waals surface area contributed by atoms with E-state index in [1.165, 1.54) is 26.4 Å². The topological polar surface area (TPSA) is 21.6 Å². The maximum absolute atomic E-state index is 4.44. The van der Waals surface area contributed by atoms with Gasteiger partial charge in [0.2, 0.25) is 0 Å². The molecule has 0 atom stereocenters. The minimum Gasteiger partial charge on any atom is -0.399 e. The van der Waals surface area contributed by atoms with Crippen LogP contribution in [-0.4, -0.2) is 13.3 Å². The zero-order chi connectivity index (χ0) is 6.95. The van der Waals surface area contributed by atoms with Crippen LogP contribution in [0.2, 0.25) is 0 Å². The Bertz CT molecular complexity index is 71.3. The second kappa shape index (κ2) is 7.47. The Morgan fingerprint density at radius 1 is 1.44 bits per heavy atom. The van der Waals surface area contributed by atoms with Crippen LogP contribution in [0, 0.1) is 0 Å². The van der Waals surface area contributed by atoms with Gasteiger partial charge in [-0.15, -0.1) is 0 Å². The van der Waals surface area contributed by atoms with Gasteiger partial charge in [-0.05, 0) is 12.8 Å². The summed E-state index contributed by atoms with van der Waals surface area (Å²) in [5.74, 6) is 0. The first-order chi connectivity index (χ1) is 4.41. The van der Waals surface area contributed by atoms with Gasteiger partial charge in [0, 0.05) is 0 Å². The van der Waals surface area contributed by atoms with E-state index in [0.717, 1.165) is 6.42 Å². The summed E-state index contributed by atoms with van der Waals surface area (Å²) in [6.45, 7) is 2.17. The van der Waals surface area contributed by atoms with Gasteiger partial charge < -0.3 is 4.84 Å². The van der Waals surface area contributed by atoms with E-state index in [-0.39, 0.29) is 0 Å². The molecule has 0 aromatic rings. The van der Waals surface area contributed by atoms with E-state index in [1.807, 2.05) is 0 Å². The van der Waals surface area contributed by atoms with Crippen LogP contribution in [0.15, 0.2) is 5.16 Å². The molecule has 1 radical (unpaired) electrons. The Labute approximate surface area is 56.9 Å². The highest BCUT2D eigenvalue weighted by molar-refractivity contribution is 5.55. The van der Waals surface area contributed by atoms with Crippen molar-refractivity contribution >= 4 is 6.21 Å². The van der Waals surface area contributed by atoms with Crippen LogP contribution in [0.5, 0.6) is 0 Å². The molecule has 0 aliphatic rings. The highest BCUT2D eigenvalue weighted by atomic mass is 16.6. The molecule has 0 N–H and O–H groups in total. The molecule has 53 valence electrons. The molecule has 2 heteroatoms. The van der Waals surface area contributed by atoms with Crippen molar-refractivity contribution < 1.29 is 4.84 Å². The normalized spacial score (nSPS) is 10.4. The van der Waals surface area contributed by atoms with Crippen molar-refractivity contribution in [2.24, 2.45) is 5.16 Å². The third-order valence-corrected chi connectivity index (χ3v) is 1.05. The summed E-state index contributed by atoms with van der Waals surface area (Å²) in [4.78, 5) is 4.44. The second-order valence-corrected chi connectivity index (χ2v) is 1.89. The second-order valence-electron chi connectivity index (χ2n) is 1.89. The Morgan fingerprint density at radius 3 is 2.78 bits per heavy atom. The Morgan fingerprint density at radius 2 is 2.22 bits per heavy atom. The van der Waals surface area contributed by atoms with E-state index in [2.05, 4.69) is 23.1 Å². The smallest absolute Gasteiger partial charge is 0.106 e. The molecule has 0 unspecified atom stereocenters. The lowest BCUT2D eigenvalue weighted by Gasteiger charge is -1.88. The third kappa shape index (κ3) is 7.47. The molecule has 0 aromatic carbocycles. The SMILES string of the molecule is CCCCC/[C]=N/OC. The lowest BCUT2D eigenvalue weighted by molar-refractivity contribution is 0.214. The van der Waals surface area contributed by atoms with Crippen molar-refractivity contribution in [2.45, 2.75) is 32.6 Å². The highest BCUT2D eigenvalue weighted by Gasteiger charge is 1.81. The third-order valence-electron chi connectivity index (χ3n) is 1.05. The molecule has 0 amide bonds.